The van der Waals surface area contributed by atoms with Crippen LogP contribution in [0.3, 0.4) is 0 Å². The molecule has 0 N–H and O–H groups in total. The van der Waals surface area contributed by atoms with Crippen molar-refractivity contribution in [2.75, 3.05) is 0 Å². The van der Waals surface area contributed by atoms with Crippen molar-refractivity contribution in [3.05, 3.63) is 146 Å². The molecule has 10 rings (SSSR count). The minimum Gasteiger partial charge on any atom is -0.309 e. The first-order valence-corrected chi connectivity index (χ1v) is 16.8. The number of nitrogens with zero attached hydrogens (tertiary/aromatic N) is 2. The summed E-state index contributed by atoms with van der Waals surface area (Å²) in [7, 11) is 0. The average molecular weight is 609 g/mol. The van der Waals surface area contributed by atoms with Crippen LogP contribution >= 0.6 is 22.7 Å². The molecule has 10 aromatic rings. The zero-order valence-electron chi connectivity index (χ0n) is 24.1. The van der Waals surface area contributed by atoms with Gasteiger partial charge in [0.25, 0.3) is 0 Å². The minimum atomic E-state index is 0.968. The van der Waals surface area contributed by atoms with Gasteiger partial charge in [-0.25, -0.2) is 4.98 Å². The summed E-state index contributed by atoms with van der Waals surface area (Å²) in [4.78, 5) is 5.34. The second kappa shape index (κ2) is 9.60. The normalized spacial score (nSPS) is 12.0. The van der Waals surface area contributed by atoms with Crippen LogP contribution in [0.1, 0.15) is 0 Å². The number of para-hydroxylation sites is 1. The molecule has 2 nitrogen and oxygen atoms in total. The molecule has 210 valence electrons. The second-order valence-corrected chi connectivity index (χ2v) is 13.6. The fraction of sp³-hybridized carbons (Fsp3) is 0. The van der Waals surface area contributed by atoms with Gasteiger partial charge in [0.1, 0.15) is 0 Å². The van der Waals surface area contributed by atoms with Crippen molar-refractivity contribution in [3.8, 4) is 28.2 Å². The molecule has 0 unspecified atom stereocenters. The molecule has 0 aliphatic carbocycles. The van der Waals surface area contributed by atoms with E-state index in [4.69, 9.17) is 4.98 Å². The van der Waals surface area contributed by atoms with Gasteiger partial charge in [0, 0.05) is 62.2 Å². The van der Waals surface area contributed by atoms with Gasteiger partial charge in [-0.15, -0.1) is 22.7 Å². The first-order valence-electron chi connectivity index (χ1n) is 15.1. The van der Waals surface area contributed by atoms with E-state index in [0.29, 0.717) is 0 Å². The standard InChI is InChI=1S/C41H24N2S2/c1-2-11-25(12-3-1)33-23-26(24-34(42-33)31-17-10-16-29-27-13-5-8-19-37(27)44-40(29)31)43-35-18-7-4-15-32(35)39-36(43)22-21-30-28-14-6-9-20-38(28)45-41(30)39/h1-24H. The molecule has 0 aliphatic heterocycles. The summed E-state index contributed by atoms with van der Waals surface area (Å²) in [5.41, 5.74) is 7.76. The van der Waals surface area contributed by atoms with Gasteiger partial charge in [-0.1, -0.05) is 109 Å². The van der Waals surface area contributed by atoms with E-state index in [1.807, 2.05) is 22.7 Å². The Balaban J connectivity index is 1.31. The molecule has 0 amide bonds. The molecule has 4 aromatic heterocycles. The van der Waals surface area contributed by atoms with Crippen molar-refractivity contribution in [3.63, 3.8) is 0 Å². The number of hydrogen-bond acceptors (Lipinski definition) is 3. The van der Waals surface area contributed by atoms with Crippen molar-refractivity contribution in [2.45, 2.75) is 0 Å². The van der Waals surface area contributed by atoms with Gasteiger partial charge in [0.15, 0.2) is 0 Å². The van der Waals surface area contributed by atoms with Crippen LogP contribution in [0.15, 0.2) is 146 Å². The Labute approximate surface area is 267 Å². The van der Waals surface area contributed by atoms with Gasteiger partial charge in [-0.05, 0) is 36.4 Å². The van der Waals surface area contributed by atoms with Crippen molar-refractivity contribution >= 4 is 84.8 Å². The fourth-order valence-electron chi connectivity index (χ4n) is 7.00. The van der Waals surface area contributed by atoms with Crippen molar-refractivity contribution in [1.29, 1.82) is 0 Å². The SMILES string of the molecule is c1ccc(-c2cc(-n3c4ccccc4c4c5sc6ccccc6c5ccc43)cc(-c3cccc4c3sc3ccccc34)n2)cc1. The number of hydrogen-bond donors (Lipinski definition) is 0. The molecule has 4 heteroatoms. The third-order valence-electron chi connectivity index (χ3n) is 9.00. The summed E-state index contributed by atoms with van der Waals surface area (Å²) in [6.07, 6.45) is 0. The van der Waals surface area contributed by atoms with Crippen LogP contribution in [-0.4, -0.2) is 9.55 Å². The van der Waals surface area contributed by atoms with Crippen LogP contribution in [0, 0.1) is 0 Å². The molecule has 0 saturated carbocycles. The molecule has 0 saturated heterocycles. The molecule has 0 aliphatic rings. The third kappa shape index (κ3) is 3.70. The van der Waals surface area contributed by atoms with Crippen LogP contribution < -0.4 is 0 Å². The van der Waals surface area contributed by atoms with Crippen molar-refractivity contribution in [1.82, 2.24) is 9.55 Å². The Kier molecular flexibility index (Phi) is 5.35. The number of aromatic nitrogens is 2. The Bertz CT molecular complexity index is 2760. The average Bonchev–Trinajstić information content (AvgIpc) is 3.78. The van der Waals surface area contributed by atoms with Crippen LogP contribution in [0.4, 0.5) is 0 Å². The van der Waals surface area contributed by atoms with Gasteiger partial charge in [0.2, 0.25) is 0 Å². The number of fused-ring (bicyclic) bond motifs is 10. The number of rotatable bonds is 3. The topological polar surface area (TPSA) is 17.8 Å². The highest BCUT2D eigenvalue weighted by Gasteiger charge is 2.20. The first kappa shape index (κ1) is 25.1. The Morgan fingerprint density at radius 3 is 1.87 bits per heavy atom. The summed E-state index contributed by atoms with van der Waals surface area (Å²) in [5.74, 6) is 0. The predicted octanol–water partition coefficient (Wildman–Crippen LogP) is 12.2. The quantitative estimate of drug-likeness (QED) is 0.195. The monoisotopic (exact) mass is 608 g/mol. The lowest BCUT2D eigenvalue weighted by atomic mass is 10.0. The molecule has 0 bridgehead atoms. The minimum absolute atomic E-state index is 0.968. The van der Waals surface area contributed by atoms with E-state index in [2.05, 4.69) is 150 Å². The Morgan fingerprint density at radius 2 is 1.07 bits per heavy atom. The molecule has 0 spiro atoms. The van der Waals surface area contributed by atoms with E-state index in [-0.39, 0.29) is 0 Å². The maximum atomic E-state index is 5.34. The van der Waals surface area contributed by atoms with E-state index in [9.17, 15) is 0 Å². The molecular weight excluding hydrogens is 585 g/mol. The fourth-order valence-corrected chi connectivity index (χ4v) is 9.49. The van der Waals surface area contributed by atoms with Crippen molar-refractivity contribution < 1.29 is 0 Å². The van der Waals surface area contributed by atoms with Crippen LogP contribution in [0.25, 0.3) is 90.4 Å². The van der Waals surface area contributed by atoms with Crippen molar-refractivity contribution in [2.24, 2.45) is 0 Å². The third-order valence-corrected chi connectivity index (χ3v) is 11.4. The molecule has 6 aromatic carbocycles. The van der Waals surface area contributed by atoms with E-state index in [0.717, 1.165) is 22.6 Å². The highest BCUT2D eigenvalue weighted by Crippen LogP contribution is 2.44. The van der Waals surface area contributed by atoms with Crippen LogP contribution in [0.2, 0.25) is 0 Å². The molecule has 4 heterocycles. The lowest BCUT2D eigenvalue weighted by Gasteiger charge is -2.13. The highest BCUT2D eigenvalue weighted by atomic mass is 32.1. The van der Waals surface area contributed by atoms with E-state index in [1.54, 1.807) is 0 Å². The lowest BCUT2D eigenvalue weighted by Crippen LogP contribution is -1.98. The first-order chi connectivity index (χ1) is 22.3. The predicted molar refractivity (Wildman–Crippen MR) is 195 cm³/mol. The highest BCUT2D eigenvalue weighted by molar-refractivity contribution is 7.27. The summed E-state index contributed by atoms with van der Waals surface area (Å²) in [5, 5.41) is 7.82. The number of thiophene rings is 2. The largest absolute Gasteiger partial charge is 0.309 e. The van der Waals surface area contributed by atoms with Crippen LogP contribution in [0.5, 0.6) is 0 Å². The molecule has 0 atom stereocenters. The molecular formula is C41H24N2S2. The zero-order valence-corrected chi connectivity index (χ0v) is 25.7. The summed E-state index contributed by atoms with van der Waals surface area (Å²) in [6.45, 7) is 0. The maximum Gasteiger partial charge on any atom is 0.0744 e. The lowest BCUT2D eigenvalue weighted by molar-refractivity contribution is 1.16. The van der Waals surface area contributed by atoms with E-state index in [1.165, 1.54) is 67.7 Å². The molecule has 0 radical (unpaired) electrons. The van der Waals surface area contributed by atoms with Gasteiger partial charge < -0.3 is 4.57 Å². The smallest absolute Gasteiger partial charge is 0.0744 e. The Hall–Kier alpha value is -5.29. The summed E-state index contributed by atoms with van der Waals surface area (Å²) in [6, 6.07) is 52.7. The maximum absolute atomic E-state index is 5.34. The number of pyridine rings is 1. The number of benzene rings is 6. The van der Waals surface area contributed by atoms with Gasteiger partial charge >= 0.3 is 0 Å². The zero-order chi connectivity index (χ0) is 29.5. The Morgan fingerprint density at radius 1 is 0.444 bits per heavy atom. The van der Waals surface area contributed by atoms with E-state index < -0.39 is 0 Å². The second-order valence-electron chi connectivity index (χ2n) is 11.5. The van der Waals surface area contributed by atoms with Gasteiger partial charge in [-0.3, -0.25) is 0 Å². The molecule has 0 fully saturated rings. The molecule has 45 heavy (non-hydrogen) atoms. The van der Waals surface area contributed by atoms with Crippen LogP contribution in [-0.2, 0) is 0 Å². The summed E-state index contributed by atoms with van der Waals surface area (Å²) >= 11 is 3.74. The van der Waals surface area contributed by atoms with E-state index >= 15 is 0 Å². The van der Waals surface area contributed by atoms with Gasteiger partial charge in [-0.2, -0.15) is 0 Å². The van der Waals surface area contributed by atoms with Gasteiger partial charge in [0.05, 0.1) is 28.1 Å². The summed E-state index contributed by atoms with van der Waals surface area (Å²) < 4.78 is 7.68.